The molecule has 3 rings (SSSR count). The summed E-state index contributed by atoms with van der Waals surface area (Å²) in [4.78, 5) is 29.9. The van der Waals surface area contributed by atoms with Gasteiger partial charge in [0.25, 0.3) is 5.56 Å². The summed E-state index contributed by atoms with van der Waals surface area (Å²) in [5.41, 5.74) is 0.791. The highest BCUT2D eigenvalue weighted by atomic mass is 16.5. The molecule has 0 saturated carbocycles. The van der Waals surface area contributed by atoms with Crippen molar-refractivity contribution < 1.29 is 14.6 Å². The lowest BCUT2D eigenvalue weighted by atomic mass is 10.1. The van der Waals surface area contributed by atoms with Gasteiger partial charge >= 0.3 is 5.97 Å². The van der Waals surface area contributed by atoms with Crippen LogP contribution in [0, 0.1) is 0 Å². The number of para-hydroxylation sites is 1. The molecule has 0 spiro atoms. The van der Waals surface area contributed by atoms with E-state index in [2.05, 4.69) is 9.97 Å². The van der Waals surface area contributed by atoms with Crippen LogP contribution >= 0.6 is 0 Å². The van der Waals surface area contributed by atoms with Crippen LogP contribution in [-0.4, -0.2) is 28.2 Å². The number of aromatic amines is 1. The van der Waals surface area contributed by atoms with Gasteiger partial charge in [-0.15, -0.1) is 0 Å². The first-order valence-electron chi connectivity index (χ1n) is 6.50. The molecule has 2 heterocycles. The van der Waals surface area contributed by atoms with E-state index >= 15 is 0 Å². The first-order chi connectivity index (χ1) is 10.6. The minimum absolute atomic E-state index is 0.0106. The number of aromatic carboxylic acids is 1. The van der Waals surface area contributed by atoms with E-state index in [0.717, 1.165) is 11.6 Å². The monoisotopic (exact) mass is 296 g/mol. The number of carboxylic acid groups (broad SMARTS) is 1. The zero-order valence-corrected chi connectivity index (χ0v) is 11.7. The maximum atomic E-state index is 12.0. The van der Waals surface area contributed by atoms with E-state index < -0.39 is 11.5 Å². The predicted molar refractivity (Wildman–Crippen MR) is 81.3 cm³/mol. The fraction of sp³-hybridized carbons (Fsp3) is 0.0625. The molecule has 0 unspecified atom stereocenters. The maximum absolute atomic E-state index is 12.0. The SMILES string of the molecule is COc1cc(-c2cc(C(=O)O)c[nH]c2=O)nc2ccccc12. The summed E-state index contributed by atoms with van der Waals surface area (Å²) >= 11 is 0. The molecule has 0 atom stereocenters. The molecule has 22 heavy (non-hydrogen) atoms. The fourth-order valence-electron chi connectivity index (χ4n) is 2.25. The lowest BCUT2D eigenvalue weighted by Gasteiger charge is -2.08. The Labute approximate surface area is 125 Å². The summed E-state index contributed by atoms with van der Waals surface area (Å²) in [5, 5.41) is 9.87. The van der Waals surface area contributed by atoms with Crippen LogP contribution in [0.1, 0.15) is 10.4 Å². The number of benzene rings is 1. The first kappa shape index (κ1) is 13.8. The molecule has 0 saturated heterocycles. The van der Waals surface area contributed by atoms with Gasteiger partial charge in [-0.3, -0.25) is 4.79 Å². The van der Waals surface area contributed by atoms with Crippen molar-refractivity contribution >= 4 is 16.9 Å². The Morgan fingerprint density at radius 3 is 2.77 bits per heavy atom. The molecule has 0 aliphatic carbocycles. The Kier molecular flexibility index (Phi) is 3.34. The predicted octanol–water partition coefficient (Wildman–Crippen LogP) is 2.30. The lowest BCUT2D eigenvalue weighted by Crippen LogP contribution is -2.12. The van der Waals surface area contributed by atoms with E-state index in [-0.39, 0.29) is 11.1 Å². The number of hydrogen-bond acceptors (Lipinski definition) is 4. The van der Waals surface area contributed by atoms with Crippen molar-refractivity contribution in [2.24, 2.45) is 0 Å². The van der Waals surface area contributed by atoms with Crippen LogP contribution in [0.5, 0.6) is 5.75 Å². The third kappa shape index (κ3) is 2.31. The number of hydrogen-bond donors (Lipinski definition) is 2. The molecule has 2 N–H and O–H groups in total. The maximum Gasteiger partial charge on any atom is 0.337 e. The molecule has 0 aliphatic heterocycles. The van der Waals surface area contributed by atoms with Gasteiger partial charge in [-0.05, 0) is 18.2 Å². The van der Waals surface area contributed by atoms with Crippen LogP contribution in [0.4, 0.5) is 0 Å². The van der Waals surface area contributed by atoms with Gasteiger partial charge in [-0.25, -0.2) is 9.78 Å². The quantitative estimate of drug-likeness (QED) is 0.773. The van der Waals surface area contributed by atoms with Crippen molar-refractivity contribution in [3.8, 4) is 17.0 Å². The third-order valence-electron chi connectivity index (χ3n) is 3.32. The number of fused-ring (bicyclic) bond motifs is 1. The van der Waals surface area contributed by atoms with E-state index in [0.29, 0.717) is 17.0 Å². The molecule has 0 radical (unpaired) electrons. The highest BCUT2D eigenvalue weighted by Gasteiger charge is 2.13. The van der Waals surface area contributed by atoms with Crippen LogP contribution in [-0.2, 0) is 0 Å². The standard InChI is InChI=1S/C16H12N2O4/c1-22-14-7-13(18-12-5-3-2-4-10(12)14)11-6-9(16(20)21)8-17-15(11)19/h2-8H,1H3,(H,17,19)(H,20,21). The topological polar surface area (TPSA) is 92.3 Å². The van der Waals surface area contributed by atoms with Gasteiger partial charge < -0.3 is 14.8 Å². The van der Waals surface area contributed by atoms with Crippen molar-refractivity contribution in [2.75, 3.05) is 7.11 Å². The van der Waals surface area contributed by atoms with Crippen molar-refractivity contribution in [1.82, 2.24) is 9.97 Å². The first-order valence-corrected chi connectivity index (χ1v) is 6.50. The van der Waals surface area contributed by atoms with Gasteiger partial charge in [0.05, 0.1) is 29.4 Å². The molecule has 0 amide bonds. The van der Waals surface area contributed by atoms with Crippen LogP contribution in [0.25, 0.3) is 22.2 Å². The van der Waals surface area contributed by atoms with Gasteiger partial charge in [-0.2, -0.15) is 0 Å². The minimum atomic E-state index is -1.12. The summed E-state index contributed by atoms with van der Waals surface area (Å²) in [6.45, 7) is 0. The van der Waals surface area contributed by atoms with E-state index in [1.807, 2.05) is 18.2 Å². The van der Waals surface area contributed by atoms with Gasteiger partial charge in [0.15, 0.2) is 0 Å². The van der Waals surface area contributed by atoms with Gasteiger partial charge in [0.2, 0.25) is 0 Å². The average Bonchev–Trinajstić information content (AvgIpc) is 2.54. The number of H-pyrrole nitrogens is 1. The van der Waals surface area contributed by atoms with Crippen molar-refractivity contribution in [2.45, 2.75) is 0 Å². The zero-order chi connectivity index (χ0) is 15.7. The summed E-state index contributed by atoms with van der Waals surface area (Å²) in [5.74, 6) is -0.550. The van der Waals surface area contributed by atoms with Crippen molar-refractivity contribution in [3.63, 3.8) is 0 Å². The lowest BCUT2D eigenvalue weighted by molar-refractivity contribution is 0.0696. The Morgan fingerprint density at radius 2 is 2.05 bits per heavy atom. The van der Waals surface area contributed by atoms with Crippen LogP contribution in [0.2, 0.25) is 0 Å². The Bertz CT molecular complexity index is 931. The molecular formula is C16H12N2O4. The van der Waals surface area contributed by atoms with E-state index in [4.69, 9.17) is 9.84 Å². The Hall–Kier alpha value is -3.15. The number of carboxylic acids is 1. The minimum Gasteiger partial charge on any atom is -0.496 e. The molecule has 6 nitrogen and oxygen atoms in total. The number of pyridine rings is 2. The van der Waals surface area contributed by atoms with Gasteiger partial charge in [-0.1, -0.05) is 12.1 Å². The summed E-state index contributed by atoms with van der Waals surface area (Å²) < 4.78 is 5.34. The molecule has 3 aromatic rings. The highest BCUT2D eigenvalue weighted by molar-refractivity contribution is 5.90. The molecular weight excluding hydrogens is 284 g/mol. The second-order valence-electron chi connectivity index (χ2n) is 4.66. The summed E-state index contributed by atoms with van der Waals surface area (Å²) in [6.07, 6.45) is 1.16. The number of nitrogens with zero attached hydrogens (tertiary/aromatic N) is 1. The van der Waals surface area contributed by atoms with Gasteiger partial charge in [0.1, 0.15) is 5.75 Å². The highest BCUT2D eigenvalue weighted by Crippen LogP contribution is 2.28. The number of aromatic nitrogens is 2. The molecule has 0 aliphatic rings. The molecule has 0 fully saturated rings. The number of ether oxygens (including phenoxy) is 1. The smallest absolute Gasteiger partial charge is 0.337 e. The van der Waals surface area contributed by atoms with E-state index in [1.165, 1.54) is 13.2 Å². The molecule has 6 heteroatoms. The number of nitrogens with one attached hydrogen (secondary N) is 1. The zero-order valence-electron chi connectivity index (χ0n) is 11.7. The van der Waals surface area contributed by atoms with E-state index in [9.17, 15) is 9.59 Å². The van der Waals surface area contributed by atoms with Crippen molar-refractivity contribution in [3.05, 3.63) is 58.5 Å². The molecule has 0 bridgehead atoms. The summed E-state index contributed by atoms with van der Waals surface area (Å²) in [7, 11) is 1.53. The molecule has 1 aromatic carbocycles. The van der Waals surface area contributed by atoms with Gasteiger partial charge in [0, 0.05) is 17.6 Å². The van der Waals surface area contributed by atoms with Crippen LogP contribution < -0.4 is 10.3 Å². The normalized spacial score (nSPS) is 10.6. The number of rotatable bonds is 3. The molecule has 2 aromatic heterocycles. The van der Waals surface area contributed by atoms with Crippen molar-refractivity contribution in [1.29, 1.82) is 0 Å². The number of carbonyl (C=O) groups is 1. The fourth-order valence-corrected chi connectivity index (χ4v) is 2.25. The van der Waals surface area contributed by atoms with E-state index in [1.54, 1.807) is 12.1 Å². The average molecular weight is 296 g/mol. The summed E-state index contributed by atoms with van der Waals surface area (Å²) in [6, 6.07) is 10.3. The Morgan fingerprint density at radius 1 is 1.27 bits per heavy atom. The van der Waals surface area contributed by atoms with Crippen LogP contribution in [0.15, 0.2) is 47.4 Å². The third-order valence-corrected chi connectivity index (χ3v) is 3.32. The van der Waals surface area contributed by atoms with Crippen LogP contribution in [0.3, 0.4) is 0 Å². The Balaban J connectivity index is 2.29. The second kappa shape index (κ2) is 5.33. The largest absolute Gasteiger partial charge is 0.496 e. The number of methoxy groups -OCH3 is 1. The second-order valence-corrected chi connectivity index (χ2v) is 4.66. The molecule has 110 valence electrons.